The van der Waals surface area contributed by atoms with Gasteiger partial charge in [-0.2, -0.15) is 0 Å². The molecule has 0 atom stereocenters. The van der Waals surface area contributed by atoms with Crippen molar-refractivity contribution in [1.29, 1.82) is 0 Å². The van der Waals surface area contributed by atoms with Crippen molar-refractivity contribution in [3.05, 3.63) is 18.2 Å². The van der Waals surface area contributed by atoms with Crippen molar-refractivity contribution in [3.8, 4) is 0 Å². The Morgan fingerprint density at radius 2 is 0.674 bits per heavy atom. The molecule has 0 unspecified atom stereocenters. The number of hydrogen-bond acceptors (Lipinski definition) is 0. The topological polar surface area (TPSA) is 8.81 Å². The van der Waals surface area contributed by atoms with Gasteiger partial charge in [-0.1, -0.05) is 213 Å². The zero-order chi connectivity index (χ0) is 33.0. The summed E-state index contributed by atoms with van der Waals surface area (Å²) >= 11 is 0. The van der Waals surface area contributed by atoms with Gasteiger partial charge in [-0.05, 0) is 32.1 Å². The molecule has 0 aliphatic rings. The van der Waals surface area contributed by atoms with Crippen LogP contribution in [0.4, 0.5) is 0 Å². The number of rotatable bonds is 38. The molecule has 0 radical (unpaired) electrons. The summed E-state index contributed by atoms with van der Waals surface area (Å²) in [6.45, 7) is 9.41. The Morgan fingerprint density at radius 3 is 1.04 bits per heavy atom. The van der Waals surface area contributed by atoms with Gasteiger partial charge in [0.2, 0.25) is 0 Å². The SMILES string of the molecule is CCCCCCCCCCCCCCCCCCCn1cc[n+](CCCCCCCCCCC)c1CCCCCCCCCCC. The largest absolute Gasteiger partial charge is 0.256 e. The summed E-state index contributed by atoms with van der Waals surface area (Å²) in [7, 11) is 0. The van der Waals surface area contributed by atoms with E-state index in [1.807, 2.05) is 0 Å². The molecule has 0 saturated carbocycles. The van der Waals surface area contributed by atoms with E-state index in [0.717, 1.165) is 0 Å². The highest BCUT2D eigenvalue weighted by Crippen LogP contribution is 2.16. The van der Waals surface area contributed by atoms with Crippen molar-refractivity contribution in [2.24, 2.45) is 0 Å². The smallest absolute Gasteiger partial charge is 0.234 e. The third-order valence-electron chi connectivity index (χ3n) is 10.6. The van der Waals surface area contributed by atoms with Crippen LogP contribution in [0.1, 0.15) is 251 Å². The van der Waals surface area contributed by atoms with Crippen molar-refractivity contribution in [3.63, 3.8) is 0 Å². The Kier molecular flexibility index (Phi) is 33.4. The molecule has 0 aliphatic carbocycles. The van der Waals surface area contributed by atoms with E-state index in [9.17, 15) is 0 Å². The summed E-state index contributed by atoms with van der Waals surface area (Å²) in [5.41, 5.74) is 0. The maximum atomic E-state index is 2.64. The second kappa shape index (κ2) is 35.5. The summed E-state index contributed by atoms with van der Waals surface area (Å²) in [4.78, 5) is 0. The number of hydrogen-bond donors (Lipinski definition) is 0. The number of aryl methyl sites for hydroxylation is 2. The lowest BCUT2D eigenvalue weighted by Gasteiger charge is -2.07. The molecule has 46 heavy (non-hydrogen) atoms. The Bertz CT molecular complexity index is 707. The average Bonchev–Trinajstić information content (AvgIpc) is 3.45. The Balaban J connectivity index is 2.22. The van der Waals surface area contributed by atoms with Crippen LogP contribution < -0.4 is 4.57 Å². The third-order valence-corrected chi connectivity index (χ3v) is 10.6. The molecule has 2 heteroatoms. The van der Waals surface area contributed by atoms with Crippen molar-refractivity contribution >= 4 is 0 Å². The molecule has 0 bridgehead atoms. The van der Waals surface area contributed by atoms with Crippen molar-refractivity contribution < 1.29 is 4.57 Å². The first-order valence-electron chi connectivity index (χ1n) is 21.9. The number of nitrogens with zero attached hydrogens (tertiary/aromatic N) is 2. The number of unbranched alkanes of at least 4 members (excludes halogenated alkanes) is 32. The molecular formula is C44H87N2+. The second-order valence-electron chi connectivity index (χ2n) is 15.2. The highest BCUT2D eigenvalue weighted by Gasteiger charge is 2.16. The van der Waals surface area contributed by atoms with Crippen LogP contribution in [0, 0.1) is 0 Å². The van der Waals surface area contributed by atoms with Crippen LogP contribution in [0.2, 0.25) is 0 Å². The maximum Gasteiger partial charge on any atom is 0.256 e. The van der Waals surface area contributed by atoms with E-state index in [1.165, 1.54) is 244 Å². The van der Waals surface area contributed by atoms with E-state index >= 15 is 0 Å². The summed E-state index contributed by atoms with van der Waals surface area (Å²) in [6, 6.07) is 0. The molecule has 1 aromatic rings. The van der Waals surface area contributed by atoms with Crippen LogP contribution in [0.5, 0.6) is 0 Å². The van der Waals surface area contributed by atoms with Crippen LogP contribution in [0.3, 0.4) is 0 Å². The first-order valence-corrected chi connectivity index (χ1v) is 21.9. The molecule has 0 aliphatic heterocycles. The minimum absolute atomic E-state index is 1.23. The van der Waals surface area contributed by atoms with Crippen LogP contribution in [-0.2, 0) is 19.5 Å². The molecule has 0 spiro atoms. The molecule has 0 fully saturated rings. The quantitative estimate of drug-likeness (QED) is 0.0501. The Hall–Kier alpha value is -0.790. The van der Waals surface area contributed by atoms with E-state index in [-0.39, 0.29) is 0 Å². The second-order valence-corrected chi connectivity index (χ2v) is 15.2. The predicted octanol–water partition coefficient (Wildman–Crippen LogP) is 15.0. The zero-order valence-electron chi connectivity index (χ0n) is 32.4. The van der Waals surface area contributed by atoms with Gasteiger partial charge in [0.25, 0.3) is 5.82 Å². The molecule has 2 nitrogen and oxygen atoms in total. The number of imidazole rings is 1. The summed E-state index contributed by atoms with van der Waals surface area (Å²) < 4.78 is 5.28. The van der Waals surface area contributed by atoms with Crippen molar-refractivity contribution in [2.45, 2.75) is 265 Å². The maximum absolute atomic E-state index is 2.64. The van der Waals surface area contributed by atoms with E-state index in [2.05, 4.69) is 42.3 Å². The van der Waals surface area contributed by atoms with Gasteiger partial charge >= 0.3 is 0 Å². The lowest BCUT2D eigenvalue weighted by atomic mass is 10.0. The minimum Gasteiger partial charge on any atom is -0.234 e. The normalized spacial score (nSPS) is 11.6. The molecule has 1 aromatic heterocycles. The monoisotopic (exact) mass is 644 g/mol. The van der Waals surface area contributed by atoms with Gasteiger partial charge in [-0.3, -0.25) is 0 Å². The van der Waals surface area contributed by atoms with E-state index in [1.54, 1.807) is 5.82 Å². The summed E-state index contributed by atoms with van der Waals surface area (Å²) in [5.74, 6) is 1.62. The van der Waals surface area contributed by atoms with Crippen LogP contribution in [-0.4, -0.2) is 4.57 Å². The predicted molar refractivity (Wildman–Crippen MR) is 207 cm³/mol. The van der Waals surface area contributed by atoms with Crippen LogP contribution >= 0.6 is 0 Å². The van der Waals surface area contributed by atoms with Gasteiger partial charge < -0.3 is 0 Å². The highest BCUT2D eigenvalue weighted by atomic mass is 15.1. The van der Waals surface area contributed by atoms with Gasteiger partial charge in [0.1, 0.15) is 12.4 Å². The number of aromatic nitrogens is 2. The van der Waals surface area contributed by atoms with E-state index in [0.29, 0.717) is 0 Å². The lowest BCUT2D eigenvalue weighted by Crippen LogP contribution is -2.37. The van der Waals surface area contributed by atoms with Gasteiger partial charge in [0, 0.05) is 6.42 Å². The van der Waals surface area contributed by atoms with Crippen molar-refractivity contribution in [1.82, 2.24) is 4.57 Å². The van der Waals surface area contributed by atoms with Gasteiger partial charge in [-0.15, -0.1) is 0 Å². The molecular weight excluding hydrogens is 556 g/mol. The van der Waals surface area contributed by atoms with Crippen LogP contribution in [0.25, 0.3) is 0 Å². The lowest BCUT2D eigenvalue weighted by molar-refractivity contribution is -0.704. The molecule has 1 heterocycles. The van der Waals surface area contributed by atoms with Gasteiger partial charge in [-0.25, -0.2) is 9.13 Å². The Labute approximate surface area is 291 Å². The fourth-order valence-electron chi connectivity index (χ4n) is 7.39. The molecule has 0 aromatic carbocycles. The Morgan fingerprint density at radius 1 is 0.370 bits per heavy atom. The van der Waals surface area contributed by atoms with E-state index < -0.39 is 0 Å². The standard InChI is InChI=1S/C44H87N2/c1-4-7-10-13-16-19-20-21-22-23-24-25-26-29-32-35-38-41-46-43-42-45(40-37-34-31-28-18-15-12-9-6-3)44(46)39-36-33-30-27-17-14-11-8-5-2/h42-43H,4-41H2,1-3H3/q+1. The molecule has 0 amide bonds. The third kappa shape index (κ3) is 27.2. The summed E-state index contributed by atoms with van der Waals surface area (Å²) in [6.07, 6.45) is 56.4. The fourth-order valence-corrected chi connectivity index (χ4v) is 7.39. The molecule has 272 valence electrons. The highest BCUT2D eigenvalue weighted by molar-refractivity contribution is 4.84. The summed E-state index contributed by atoms with van der Waals surface area (Å²) in [5, 5.41) is 0. The van der Waals surface area contributed by atoms with Gasteiger partial charge in [0.05, 0.1) is 13.1 Å². The minimum atomic E-state index is 1.23. The van der Waals surface area contributed by atoms with E-state index in [4.69, 9.17) is 0 Å². The van der Waals surface area contributed by atoms with Gasteiger partial charge in [0.15, 0.2) is 0 Å². The first-order chi connectivity index (χ1) is 22.8. The molecule has 0 saturated heterocycles. The van der Waals surface area contributed by atoms with Crippen LogP contribution in [0.15, 0.2) is 12.4 Å². The van der Waals surface area contributed by atoms with Crippen molar-refractivity contribution in [2.75, 3.05) is 0 Å². The zero-order valence-corrected chi connectivity index (χ0v) is 32.4. The first kappa shape index (κ1) is 43.2. The average molecular weight is 644 g/mol. The fraction of sp³-hybridized carbons (Fsp3) is 0.932. The molecule has 0 N–H and O–H groups in total. The molecule has 1 rings (SSSR count).